The highest BCUT2D eigenvalue weighted by atomic mass is 15.0. The van der Waals surface area contributed by atoms with Gasteiger partial charge in [0.15, 0.2) is 0 Å². The van der Waals surface area contributed by atoms with Crippen LogP contribution in [-0.2, 0) is 0 Å². The molecule has 0 saturated carbocycles. The minimum atomic E-state index is 0.858. The van der Waals surface area contributed by atoms with E-state index >= 15 is 0 Å². The van der Waals surface area contributed by atoms with Crippen LogP contribution in [0.3, 0.4) is 0 Å². The number of para-hydroxylation sites is 2. The summed E-state index contributed by atoms with van der Waals surface area (Å²) in [6.45, 7) is 0. The maximum atomic E-state index is 5.10. The van der Waals surface area contributed by atoms with Gasteiger partial charge >= 0.3 is 0 Å². The Bertz CT molecular complexity index is 2510. The summed E-state index contributed by atoms with van der Waals surface area (Å²) >= 11 is 0. The fourth-order valence-corrected chi connectivity index (χ4v) is 6.32. The third-order valence-electron chi connectivity index (χ3n) is 8.40. The molecule has 43 heavy (non-hydrogen) atoms. The summed E-state index contributed by atoms with van der Waals surface area (Å²) in [5.41, 5.74) is 10.3. The van der Waals surface area contributed by atoms with Crippen LogP contribution in [0.4, 0.5) is 0 Å². The molecular weight excluding hydrogens is 524 g/mol. The van der Waals surface area contributed by atoms with E-state index in [0.717, 1.165) is 55.6 Å². The molecule has 200 valence electrons. The van der Waals surface area contributed by atoms with Gasteiger partial charge in [-0.25, -0.2) is 9.97 Å². The lowest BCUT2D eigenvalue weighted by atomic mass is 9.96. The molecule has 9 aromatic rings. The molecule has 0 aliphatic carbocycles. The average molecular weight is 549 g/mol. The van der Waals surface area contributed by atoms with E-state index in [-0.39, 0.29) is 0 Å². The Morgan fingerprint density at radius 2 is 1.16 bits per heavy atom. The SMILES string of the molecule is c1ccc(-c2cccc(-c3ccc4c(c3)c3cc(-c5ccc6ccccc6c5)ccc3n3c5ccccc5nc43)n2)nc1. The number of pyridine rings is 3. The lowest BCUT2D eigenvalue weighted by Crippen LogP contribution is -1.94. The van der Waals surface area contributed by atoms with E-state index in [1.165, 1.54) is 27.3 Å². The predicted molar refractivity (Wildman–Crippen MR) is 177 cm³/mol. The Morgan fingerprint density at radius 1 is 0.419 bits per heavy atom. The molecule has 0 unspecified atom stereocenters. The second-order valence-electron chi connectivity index (χ2n) is 10.9. The lowest BCUT2D eigenvalue weighted by molar-refractivity contribution is 1.25. The van der Waals surface area contributed by atoms with Crippen LogP contribution in [0.2, 0.25) is 0 Å². The number of hydrogen-bond donors (Lipinski definition) is 0. The summed E-state index contributed by atoms with van der Waals surface area (Å²) < 4.78 is 2.30. The van der Waals surface area contributed by atoms with E-state index in [4.69, 9.17) is 9.97 Å². The van der Waals surface area contributed by atoms with E-state index in [9.17, 15) is 0 Å². The minimum absolute atomic E-state index is 0.858. The molecule has 4 nitrogen and oxygen atoms in total. The smallest absolute Gasteiger partial charge is 0.146 e. The van der Waals surface area contributed by atoms with Crippen molar-refractivity contribution in [3.8, 4) is 33.8 Å². The molecule has 4 aromatic heterocycles. The maximum absolute atomic E-state index is 5.10. The van der Waals surface area contributed by atoms with Crippen molar-refractivity contribution >= 4 is 49.1 Å². The van der Waals surface area contributed by atoms with Crippen LogP contribution in [0.15, 0.2) is 146 Å². The summed E-state index contributed by atoms with van der Waals surface area (Å²) in [6.07, 6.45) is 1.80. The Morgan fingerprint density at radius 3 is 2.09 bits per heavy atom. The zero-order chi connectivity index (χ0) is 28.3. The molecule has 9 rings (SSSR count). The molecule has 0 aliphatic rings. The molecule has 0 amide bonds. The van der Waals surface area contributed by atoms with Crippen LogP contribution in [0.1, 0.15) is 0 Å². The van der Waals surface area contributed by atoms with Gasteiger partial charge in [0.05, 0.1) is 33.6 Å². The van der Waals surface area contributed by atoms with E-state index in [0.29, 0.717) is 0 Å². The third kappa shape index (κ3) is 3.81. The van der Waals surface area contributed by atoms with E-state index in [1.54, 1.807) is 6.20 Å². The molecule has 4 heterocycles. The Kier molecular flexibility index (Phi) is 5.16. The van der Waals surface area contributed by atoms with Crippen molar-refractivity contribution in [3.05, 3.63) is 146 Å². The Balaban J connectivity index is 1.32. The van der Waals surface area contributed by atoms with Crippen molar-refractivity contribution in [2.24, 2.45) is 0 Å². The zero-order valence-electron chi connectivity index (χ0n) is 23.1. The highest BCUT2D eigenvalue weighted by Crippen LogP contribution is 2.37. The Labute approximate surface area is 247 Å². The molecule has 0 atom stereocenters. The van der Waals surface area contributed by atoms with E-state index in [1.807, 2.05) is 24.3 Å². The van der Waals surface area contributed by atoms with Crippen LogP contribution in [-0.4, -0.2) is 19.4 Å². The second-order valence-corrected chi connectivity index (χ2v) is 10.9. The van der Waals surface area contributed by atoms with Gasteiger partial charge in [-0.2, -0.15) is 0 Å². The third-order valence-corrected chi connectivity index (χ3v) is 8.40. The van der Waals surface area contributed by atoms with Crippen molar-refractivity contribution in [2.45, 2.75) is 0 Å². The molecule has 0 saturated heterocycles. The number of nitrogens with zero attached hydrogens (tertiary/aromatic N) is 4. The fourth-order valence-electron chi connectivity index (χ4n) is 6.32. The number of hydrogen-bond acceptors (Lipinski definition) is 3. The van der Waals surface area contributed by atoms with Gasteiger partial charge in [0.1, 0.15) is 5.65 Å². The summed E-state index contributed by atoms with van der Waals surface area (Å²) in [5, 5.41) is 5.93. The van der Waals surface area contributed by atoms with Crippen LogP contribution < -0.4 is 0 Å². The Hall–Kier alpha value is -5.87. The van der Waals surface area contributed by atoms with Crippen LogP contribution in [0, 0.1) is 0 Å². The predicted octanol–water partition coefficient (Wildman–Crippen LogP) is 9.74. The van der Waals surface area contributed by atoms with Gasteiger partial charge in [-0.05, 0) is 94.0 Å². The number of rotatable bonds is 3. The van der Waals surface area contributed by atoms with Gasteiger partial charge in [-0.1, -0.05) is 72.8 Å². The molecule has 0 bridgehead atoms. The summed E-state index contributed by atoms with van der Waals surface area (Å²) in [7, 11) is 0. The van der Waals surface area contributed by atoms with Gasteiger partial charge in [0.25, 0.3) is 0 Å². The van der Waals surface area contributed by atoms with Gasteiger partial charge in [0.2, 0.25) is 0 Å². The number of imidazole rings is 1. The lowest BCUT2D eigenvalue weighted by Gasteiger charge is -2.13. The molecule has 0 radical (unpaired) electrons. The molecule has 0 spiro atoms. The van der Waals surface area contributed by atoms with Gasteiger partial charge in [-0.15, -0.1) is 0 Å². The topological polar surface area (TPSA) is 43.1 Å². The van der Waals surface area contributed by atoms with Crippen molar-refractivity contribution in [1.82, 2.24) is 19.4 Å². The fraction of sp³-hybridized carbons (Fsp3) is 0. The van der Waals surface area contributed by atoms with Crippen molar-refractivity contribution in [1.29, 1.82) is 0 Å². The van der Waals surface area contributed by atoms with Gasteiger partial charge in [0, 0.05) is 22.5 Å². The highest BCUT2D eigenvalue weighted by Gasteiger charge is 2.16. The van der Waals surface area contributed by atoms with Crippen LogP contribution >= 0.6 is 0 Å². The zero-order valence-corrected chi connectivity index (χ0v) is 23.1. The molecule has 5 aromatic carbocycles. The van der Waals surface area contributed by atoms with Crippen LogP contribution in [0.25, 0.3) is 82.9 Å². The minimum Gasteiger partial charge on any atom is -0.292 e. The first-order valence-electron chi connectivity index (χ1n) is 14.4. The largest absolute Gasteiger partial charge is 0.292 e. The maximum Gasteiger partial charge on any atom is 0.146 e. The monoisotopic (exact) mass is 548 g/mol. The normalized spacial score (nSPS) is 11.7. The van der Waals surface area contributed by atoms with Crippen molar-refractivity contribution < 1.29 is 0 Å². The summed E-state index contributed by atoms with van der Waals surface area (Å²) in [6, 6.07) is 49.1. The summed E-state index contributed by atoms with van der Waals surface area (Å²) in [5.74, 6) is 0. The number of aromatic nitrogens is 4. The first kappa shape index (κ1) is 23.8. The molecule has 0 fully saturated rings. The molecular formula is C39H24N4. The average Bonchev–Trinajstić information content (AvgIpc) is 3.48. The summed E-state index contributed by atoms with van der Waals surface area (Å²) in [4.78, 5) is 14.6. The van der Waals surface area contributed by atoms with Crippen molar-refractivity contribution in [2.75, 3.05) is 0 Å². The standard InChI is InChI=1S/C39H24N4/c1-2-9-26-22-27(16-15-25(26)8-1)28-18-20-37-32(23-28)31-24-29(33-12-7-13-35(41-33)34-10-5-6-21-40-34)17-19-30(31)39-42-36-11-3-4-14-38(36)43(37)39/h1-24H. The molecule has 0 N–H and O–H groups in total. The first-order chi connectivity index (χ1) is 21.3. The highest BCUT2D eigenvalue weighted by molar-refractivity contribution is 6.15. The molecule has 4 heteroatoms. The molecule has 0 aliphatic heterocycles. The quantitative estimate of drug-likeness (QED) is 0.206. The van der Waals surface area contributed by atoms with E-state index < -0.39 is 0 Å². The van der Waals surface area contributed by atoms with Gasteiger partial charge in [-0.3, -0.25) is 9.38 Å². The van der Waals surface area contributed by atoms with Crippen LogP contribution in [0.5, 0.6) is 0 Å². The van der Waals surface area contributed by atoms with Gasteiger partial charge < -0.3 is 0 Å². The van der Waals surface area contributed by atoms with E-state index in [2.05, 4.69) is 125 Å². The first-order valence-corrected chi connectivity index (χ1v) is 14.4. The van der Waals surface area contributed by atoms with Crippen molar-refractivity contribution in [3.63, 3.8) is 0 Å². The second kappa shape index (κ2) is 9.33. The number of fused-ring (bicyclic) bond motifs is 9. The number of benzene rings is 5.